The second-order valence-corrected chi connectivity index (χ2v) is 17.0. The number of likely N-dealkylation sites (N-methyl/N-ethyl adjacent to an activating group) is 1. The molecule has 8 nitrogen and oxygen atoms in total. The number of carbonyl (C=O) groups is 3. The van der Waals surface area contributed by atoms with Gasteiger partial charge in [-0.15, -0.1) is 0 Å². The number of carbonyl (C=O) groups excluding carboxylic acids is 3. The highest BCUT2D eigenvalue weighted by Gasteiger charge is 2.25. The summed E-state index contributed by atoms with van der Waals surface area (Å²) >= 11 is 0. The number of hydrogen-bond donors (Lipinski definition) is 0. The Kier molecular flexibility index (Phi) is 39.1. The van der Waals surface area contributed by atoms with Crippen molar-refractivity contribution in [3.8, 4) is 0 Å². The molecule has 0 N–H and O–H groups in total. The summed E-state index contributed by atoms with van der Waals surface area (Å²) in [5.41, 5.74) is 0. The summed E-state index contributed by atoms with van der Waals surface area (Å²) in [6, 6.07) is -0.725. The molecule has 58 heavy (non-hydrogen) atoms. The van der Waals surface area contributed by atoms with Gasteiger partial charge in [-0.2, -0.15) is 0 Å². The first-order valence-corrected chi connectivity index (χ1v) is 23.7. The minimum absolute atomic E-state index is 0.0411. The van der Waals surface area contributed by atoms with Crippen LogP contribution in [0.15, 0.2) is 48.6 Å². The number of ether oxygens (including phenoxy) is 3. The highest BCUT2D eigenvalue weighted by Crippen LogP contribution is 2.15. The Morgan fingerprint density at radius 2 is 0.966 bits per heavy atom. The van der Waals surface area contributed by atoms with E-state index in [1.54, 1.807) is 21.1 Å². The molecule has 0 aliphatic heterocycles. The van der Waals surface area contributed by atoms with Gasteiger partial charge < -0.3 is 28.6 Å². The van der Waals surface area contributed by atoms with Crippen LogP contribution in [0.4, 0.5) is 0 Å². The zero-order chi connectivity index (χ0) is 42.8. The van der Waals surface area contributed by atoms with E-state index in [4.69, 9.17) is 14.2 Å². The molecule has 0 amide bonds. The Labute approximate surface area is 356 Å². The molecule has 0 rings (SSSR count). The van der Waals surface area contributed by atoms with Crippen LogP contribution in [0.25, 0.3) is 0 Å². The zero-order valence-electron chi connectivity index (χ0n) is 38.2. The molecule has 2 atom stereocenters. The van der Waals surface area contributed by atoms with Crippen LogP contribution in [-0.4, -0.2) is 75.5 Å². The Balaban J connectivity index is 4.20. The third-order valence-corrected chi connectivity index (χ3v) is 10.5. The van der Waals surface area contributed by atoms with E-state index in [0.29, 0.717) is 12.8 Å². The van der Waals surface area contributed by atoms with Gasteiger partial charge in [0.05, 0.1) is 40.3 Å². The van der Waals surface area contributed by atoms with Gasteiger partial charge in [0.25, 0.3) is 0 Å². The number of rotatable bonds is 42. The van der Waals surface area contributed by atoms with Crippen molar-refractivity contribution in [1.82, 2.24) is 0 Å². The Hall–Kier alpha value is -2.71. The van der Waals surface area contributed by atoms with E-state index >= 15 is 0 Å². The summed E-state index contributed by atoms with van der Waals surface area (Å²) in [6.07, 6.45) is 48.5. The average Bonchev–Trinajstić information content (AvgIpc) is 3.18. The van der Waals surface area contributed by atoms with Crippen LogP contribution in [0, 0.1) is 0 Å². The Bertz CT molecular complexity index is 1090. The number of hydrogen-bond acceptors (Lipinski definition) is 7. The largest absolute Gasteiger partial charge is 0.544 e. The van der Waals surface area contributed by atoms with E-state index in [9.17, 15) is 19.5 Å². The van der Waals surface area contributed by atoms with Crippen molar-refractivity contribution < 1.29 is 38.2 Å². The van der Waals surface area contributed by atoms with Crippen LogP contribution in [-0.2, 0) is 28.6 Å². The fourth-order valence-electron chi connectivity index (χ4n) is 6.83. The second-order valence-electron chi connectivity index (χ2n) is 17.0. The molecule has 0 aliphatic carbocycles. The molecule has 2 unspecified atom stereocenters. The first-order chi connectivity index (χ1) is 28.1. The highest BCUT2D eigenvalue weighted by molar-refractivity contribution is 5.70. The van der Waals surface area contributed by atoms with Crippen molar-refractivity contribution in [3.63, 3.8) is 0 Å². The van der Waals surface area contributed by atoms with Crippen molar-refractivity contribution in [2.45, 2.75) is 212 Å². The number of carboxylic acid groups (broad SMARTS) is 1. The van der Waals surface area contributed by atoms with Crippen molar-refractivity contribution in [1.29, 1.82) is 0 Å². The van der Waals surface area contributed by atoms with E-state index in [2.05, 4.69) is 62.5 Å². The smallest absolute Gasteiger partial charge is 0.306 e. The lowest BCUT2D eigenvalue weighted by atomic mass is 10.1. The molecule has 0 fully saturated rings. The lowest BCUT2D eigenvalue weighted by Gasteiger charge is -2.34. The lowest BCUT2D eigenvalue weighted by molar-refractivity contribution is -0.889. The van der Waals surface area contributed by atoms with Crippen molar-refractivity contribution >= 4 is 17.9 Å². The number of nitrogens with zero attached hydrogens (tertiary/aromatic N) is 1. The third kappa shape index (κ3) is 38.8. The molecule has 0 heterocycles. The quantitative estimate of drug-likeness (QED) is 0.0262. The summed E-state index contributed by atoms with van der Waals surface area (Å²) < 4.78 is 17.2. The van der Waals surface area contributed by atoms with E-state index < -0.39 is 18.1 Å². The van der Waals surface area contributed by atoms with Crippen LogP contribution in [0.3, 0.4) is 0 Å². The minimum atomic E-state index is -1.13. The van der Waals surface area contributed by atoms with E-state index in [1.165, 1.54) is 103 Å². The summed E-state index contributed by atoms with van der Waals surface area (Å²) in [4.78, 5) is 36.9. The molecule has 0 radical (unpaired) electrons. The van der Waals surface area contributed by atoms with Crippen molar-refractivity contribution in [3.05, 3.63) is 48.6 Å². The monoisotopic (exact) mass is 816 g/mol. The first-order valence-electron chi connectivity index (χ1n) is 23.7. The normalized spacial score (nSPS) is 13.3. The molecule has 0 aromatic heterocycles. The van der Waals surface area contributed by atoms with Gasteiger partial charge in [0, 0.05) is 19.3 Å². The standard InChI is InChI=1S/C50H89NO7/c1-6-8-10-12-14-16-18-19-20-21-22-23-24-25-26-27-28-29-31-32-34-36-38-40-48(52)57-45-46(44-56-43-42-47(50(54)55)51(3,4)5)58-49(53)41-39-37-35-33-30-17-15-13-11-9-7-2/h8,10,14,16,19-20,22-23,46-47H,6-7,9,11-13,15,17-18,21,24-45H2,1-5H3/b10-8+,16-14+,20-19+,23-22+. The second kappa shape index (κ2) is 41.0. The fraction of sp³-hybridized carbons (Fsp3) is 0.780. The fourth-order valence-corrected chi connectivity index (χ4v) is 6.83. The first kappa shape index (κ1) is 55.3. The predicted molar refractivity (Wildman–Crippen MR) is 240 cm³/mol. The Morgan fingerprint density at radius 3 is 1.43 bits per heavy atom. The van der Waals surface area contributed by atoms with Crippen molar-refractivity contribution in [2.75, 3.05) is 41.0 Å². The van der Waals surface area contributed by atoms with Crippen LogP contribution in [0.1, 0.15) is 200 Å². The maximum atomic E-state index is 12.7. The molecular formula is C50H89NO7. The summed E-state index contributed by atoms with van der Waals surface area (Å²) in [5, 5.41) is 11.6. The molecule has 0 aromatic carbocycles. The molecule has 0 saturated heterocycles. The zero-order valence-corrected chi connectivity index (χ0v) is 38.2. The highest BCUT2D eigenvalue weighted by atomic mass is 16.6. The SMILES string of the molecule is CC/C=C/C/C=C/C/C=C/C/C=C/CCCCCCCCCCCCC(=O)OCC(COCCC(C(=O)[O-])[N+](C)(C)C)OC(=O)CCCCCCCCCCCCC. The average molecular weight is 816 g/mol. The van der Waals surface area contributed by atoms with Crippen LogP contribution in [0.2, 0.25) is 0 Å². The van der Waals surface area contributed by atoms with E-state index in [1.807, 2.05) is 0 Å². The molecular weight excluding hydrogens is 727 g/mol. The molecule has 0 aliphatic rings. The number of unbranched alkanes of at least 4 members (excludes halogenated alkanes) is 20. The van der Waals surface area contributed by atoms with Gasteiger partial charge in [-0.3, -0.25) is 9.59 Å². The number of carboxylic acids is 1. The van der Waals surface area contributed by atoms with Crippen LogP contribution >= 0.6 is 0 Å². The maximum Gasteiger partial charge on any atom is 0.306 e. The van der Waals surface area contributed by atoms with E-state index in [0.717, 1.165) is 64.2 Å². The van der Waals surface area contributed by atoms with Crippen LogP contribution in [0.5, 0.6) is 0 Å². The van der Waals surface area contributed by atoms with Crippen molar-refractivity contribution in [2.24, 2.45) is 0 Å². The summed E-state index contributed by atoms with van der Waals surface area (Å²) in [6.45, 7) is 4.55. The number of esters is 2. The Morgan fingerprint density at radius 1 is 0.534 bits per heavy atom. The topological polar surface area (TPSA) is 102 Å². The van der Waals surface area contributed by atoms with Gasteiger partial charge >= 0.3 is 11.9 Å². The van der Waals surface area contributed by atoms with Gasteiger partial charge in [-0.1, -0.05) is 178 Å². The third-order valence-electron chi connectivity index (χ3n) is 10.5. The van der Waals surface area contributed by atoms with Gasteiger partial charge in [0.1, 0.15) is 12.6 Å². The number of aliphatic carboxylic acids is 1. The maximum absolute atomic E-state index is 12.7. The molecule has 0 aromatic rings. The van der Waals surface area contributed by atoms with Gasteiger partial charge in [0.15, 0.2) is 6.10 Å². The van der Waals surface area contributed by atoms with E-state index in [-0.39, 0.29) is 42.7 Å². The van der Waals surface area contributed by atoms with Crippen LogP contribution < -0.4 is 5.11 Å². The summed E-state index contributed by atoms with van der Waals surface area (Å²) in [5.74, 6) is -1.74. The van der Waals surface area contributed by atoms with Gasteiger partial charge in [0.2, 0.25) is 0 Å². The van der Waals surface area contributed by atoms with Gasteiger partial charge in [-0.25, -0.2) is 0 Å². The molecule has 0 spiro atoms. The minimum Gasteiger partial charge on any atom is -0.544 e. The predicted octanol–water partition coefficient (Wildman–Crippen LogP) is 11.9. The lowest BCUT2D eigenvalue weighted by Crippen LogP contribution is -2.55. The summed E-state index contributed by atoms with van der Waals surface area (Å²) in [7, 11) is 5.41. The number of allylic oxidation sites excluding steroid dienone is 8. The molecule has 336 valence electrons. The number of quaternary nitrogens is 1. The molecule has 8 heteroatoms. The molecule has 0 saturated carbocycles. The van der Waals surface area contributed by atoms with Gasteiger partial charge in [-0.05, 0) is 51.4 Å². The molecule has 0 bridgehead atoms.